The molecule has 22 heavy (non-hydrogen) atoms. The summed E-state index contributed by atoms with van der Waals surface area (Å²) in [6.45, 7) is 12.2. The average Bonchev–Trinajstić information content (AvgIpc) is 3.00. The largest absolute Gasteiger partial charge is 0.340 e. The molecule has 1 aromatic rings. The summed E-state index contributed by atoms with van der Waals surface area (Å²) >= 11 is 0. The lowest BCUT2D eigenvalue weighted by Crippen LogP contribution is -2.49. The second-order valence-electron chi connectivity index (χ2n) is 6.46. The highest BCUT2D eigenvalue weighted by Gasteiger charge is 2.20. The van der Waals surface area contributed by atoms with Crippen LogP contribution < -0.4 is 0 Å². The van der Waals surface area contributed by atoms with Gasteiger partial charge in [-0.2, -0.15) is 0 Å². The third-order valence-electron chi connectivity index (χ3n) is 4.39. The molecule has 1 amide bonds. The molecule has 0 spiro atoms. The maximum absolute atomic E-state index is 12.0. The van der Waals surface area contributed by atoms with Gasteiger partial charge < -0.3 is 9.47 Å². The first-order valence-corrected chi connectivity index (χ1v) is 8.63. The van der Waals surface area contributed by atoms with Crippen molar-refractivity contribution < 1.29 is 4.79 Å². The van der Waals surface area contributed by atoms with Gasteiger partial charge >= 0.3 is 0 Å². The summed E-state index contributed by atoms with van der Waals surface area (Å²) in [4.78, 5) is 20.9. The first-order chi connectivity index (χ1) is 10.6. The van der Waals surface area contributed by atoms with E-state index in [1.54, 1.807) is 0 Å². The van der Waals surface area contributed by atoms with Crippen LogP contribution in [0.1, 0.15) is 51.8 Å². The van der Waals surface area contributed by atoms with Crippen LogP contribution in [0.15, 0.2) is 12.4 Å². The molecule has 2 rings (SSSR count). The molecule has 0 bridgehead atoms. The van der Waals surface area contributed by atoms with E-state index in [-0.39, 0.29) is 0 Å². The number of rotatable bonds is 7. The van der Waals surface area contributed by atoms with Crippen LogP contribution in [0.5, 0.6) is 0 Å². The Morgan fingerprint density at radius 3 is 2.59 bits per heavy atom. The zero-order chi connectivity index (χ0) is 15.9. The minimum Gasteiger partial charge on any atom is -0.340 e. The summed E-state index contributed by atoms with van der Waals surface area (Å²) < 4.78 is 2.25. The molecule has 1 aromatic heterocycles. The van der Waals surface area contributed by atoms with Gasteiger partial charge in [-0.1, -0.05) is 27.2 Å². The maximum atomic E-state index is 12.0. The highest BCUT2D eigenvalue weighted by Crippen LogP contribution is 2.12. The lowest BCUT2D eigenvalue weighted by Gasteiger charge is -2.35. The summed E-state index contributed by atoms with van der Waals surface area (Å²) in [6.07, 6.45) is 6.77. The van der Waals surface area contributed by atoms with E-state index < -0.39 is 0 Å². The second-order valence-corrected chi connectivity index (χ2v) is 6.46. The van der Waals surface area contributed by atoms with Gasteiger partial charge in [0.05, 0.1) is 0 Å². The fourth-order valence-corrected chi connectivity index (χ4v) is 2.97. The van der Waals surface area contributed by atoms with Crippen LogP contribution in [0, 0.1) is 0 Å². The monoisotopic (exact) mass is 306 g/mol. The minimum atomic E-state index is 0.332. The Morgan fingerprint density at radius 2 is 1.95 bits per heavy atom. The van der Waals surface area contributed by atoms with Gasteiger partial charge in [-0.3, -0.25) is 9.69 Å². The molecule has 1 fully saturated rings. The number of nitrogens with zero attached hydrogens (tertiary/aromatic N) is 4. The van der Waals surface area contributed by atoms with Crippen LogP contribution in [0.2, 0.25) is 0 Å². The third kappa shape index (κ3) is 4.57. The number of piperazine rings is 1. The van der Waals surface area contributed by atoms with E-state index >= 15 is 0 Å². The molecular weight excluding hydrogens is 276 g/mol. The summed E-state index contributed by atoms with van der Waals surface area (Å²) in [5.41, 5.74) is 0. The highest BCUT2D eigenvalue weighted by molar-refractivity contribution is 5.76. The summed E-state index contributed by atoms with van der Waals surface area (Å²) in [7, 11) is 0. The predicted octanol–water partition coefficient (Wildman–Crippen LogP) is 2.34. The molecule has 0 N–H and O–H groups in total. The molecule has 1 aliphatic rings. The number of amides is 1. The van der Waals surface area contributed by atoms with Crippen molar-refractivity contribution in [3.05, 3.63) is 18.2 Å². The van der Waals surface area contributed by atoms with E-state index in [1.807, 2.05) is 11.1 Å². The predicted molar refractivity (Wildman–Crippen MR) is 88.9 cm³/mol. The molecule has 1 aliphatic heterocycles. The van der Waals surface area contributed by atoms with Crippen molar-refractivity contribution in [1.29, 1.82) is 0 Å². The lowest BCUT2D eigenvalue weighted by atomic mass is 10.2. The van der Waals surface area contributed by atoms with Gasteiger partial charge in [0, 0.05) is 64.0 Å². The lowest BCUT2D eigenvalue weighted by molar-refractivity contribution is -0.133. The number of unbranched alkanes of at least 4 members (excludes halogenated alkanes) is 1. The minimum absolute atomic E-state index is 0.332. The molecule has 0 aromatic carbocycles. The Bertz CT molecular complexity index is 461. The van der Waals surface area contributed by atoms with Gasteiger partial charge in [0.1, 0.15) is 5.82 Å². The van der Waals surface area contributed by atoms with Crippen molar-refractivity contribution >= 4 is 5.91 Å². The quantitative estimate of drug-likeness (QED) is 0.776. The normalized spacial score (nSPS) is 16.5. The van der Waals surface area contributed by atoms with E-state index in [0.29, 0.717) is 18.2 Å². The van der Waals surface area contributed by atoms with Crippen LogP contribution in [-0.4, -0.2) is 58.0 Å². The van der Waals surface area contributed by atoms with Crippen molar-refractivity contribution in [1.82, 2.24) is 19.4 Å². The van der Waals surface area contributed by atoms with E-state index in [1.165, 1.54) is 0 Å². The van der Waals surface area contributed by atoms with E-state index in [9.17, 15) is 4.79 Å². The molecule has 0 unspecified atom stereocenters. The second kappa shape index (κ2) is 8.32. The zero-order valence-electron chi connectivity index (χ0n) is 14.3. The molecular formula is C17H30N4O. The number of hydrogen-bond acceptors (Lipinski definition) is 3. The van der Waals surface area contributed by atoms with Crippen LogP contribution >= 0.6 is 0 Å². The van der Waals surface area contributed by atoms with Gasteiger partial charge in [-0.05, 0) is 6.42 Å². The molecule has 5 heteroatoms. The van der Waals surface area contributed by atoms with Gasteiger partial charge in [0.15, 0.2) is 0 Å². The van der Waals surface area contributed by atoms with Gasteiger partial charge in [-0.25, -0.2) is 4.98 Å². The Kier molecular flexibility index (Phi) is 6.43. The Hall–Kier alpha value is -1.36. The van der Waals surface area contributed by atoms with Crippen molar-refractivity contribution in [2.45, 2.75) is 52.5 Å². The molecule has 2 heterocycles. The van der Waals surface area contributed by atoms with E-state index in [4.69, 9.17) is 0 Å². The van der Waals surface area contributed by atoms with E-state index in [2.05, 4.69) is 41.4 Å². The van der Waals surface area contributed by atoms with Crippen LogP contribution in [0.25, 0.3) is 0 Å². The smallest absolute Gasteiger partial charge is 0.222 e. The fourth-order valence-electron chi connectivity index (χ4n) is 2.97. The molecule has 0 saturated carbocycles. The molecule has 0 aliphatic carbocycles. The van der Waals surface area contributed by atoms with Crippen LogP contribution in [-0.2, 0) is 11.3 Å². The topological polar surface area (TPSA) is 41.4 Å². The number of aromatic nitrogens is 2. The first kappa shape index (κ1) is 17.0. The van der Waals surface area contributed by atoms with Gasteiger partial charge in [0.2, 0.25) is 5.91 Å². The average molecular weight is 306 g/mol. The summed E-state index contributed by atoms with van der Waals surface area (Å²) in [5, 5.41) is 0. The third-order valence-corrected chi connectivity index (χ3v) is 4.39. The van der Waals surface area contributed by atoms with E-state index in [0.717, 1.165) is 57.9 Å². The summed E-state index contributed by atoms with van der Waals surface area (Å²) in [5.74, 6) is 1.95. The Labute approximate surface area is 134 Å². The van der Waals surface area contributed by atoms with Gasteiger partial charge in [-0.15, -0.1) is 0 Å². The van der Waals surface area contributed by atoms with Crippen molar-refractivity contribution in [2.75, 3.05) is 32.7 Å². The fraction of sp³-hybridized carbons (Fsp3) is 0.765. The summed E-state index contributed by atoms with van der Waals surface area (Å²) in [6, 6.07) is 0. The SMILES string of the molecule is CCCCC(=O)N1CCN(CCn2ccnc2C(C)C)CC1. The van der Waals surface area contributed by atoms with Crippen molar-refractivity contribution in [3.8, 4) is 0 Å². The zero-order valence-corrected chi connectivity index (χ0v) is 14.3. The van der Waals surface area contributed by atoms with Crippen molar-refractivity contribution in [2.24, 2.45) is 0 Å². The molecule has 0 radical (unpaired) electrons. The Morgan fingerprint density at radius 1 is 1.23 bits per heavy atom. The molecule has 1 saturated heterocycles. The number of hydrogen-bond donors (Lipinski definition) is 0. The number of carbonyl (C=O) groups excluding carboxylic acids is 1. The maximum Gasteiger partial charge on any atom is 0.222 e. The molecule has 0 atom stereocenters. The number of carbonyl (C=O) groups is 1. The Balaban J connectivity index is 1.73. The first-order valence-electron chi connectivity index (χ1n) is 8.63. The molecule has 124 valence electrons. The van der Waals surface area contributed by atoms with Crippen LogP contribution in [0.3, 0.4) is 0 Å². The van der Waals surface area contributed by atoms with Crippen molar-refractivity contribution in [3.63, 3.8) is 0 Å². The van der Waals surface area contributed by atoms with Crippen LogP contribution in [0.4, 0.5) is 0 Å². The van der Waals surface area contributed by atoms with Gasteiger partial charge in [0.25, 0.3) is 0 Å². The number of imidazole rings is 1. The molecule has 5 nitrogen and oxygen atoms in total. The standard InChI is InChI=1S/C17H30N4O/c1-4-5-6-16(22)20-12-9-19(10-13-20)11-14-21-8-7-18-17(21)15(2)3/h7-8,15H,4-6,9-14H2,1-3H3. The highest BCUT2D eigenvalue weighted by atomic mass is 16.2.